The number of alkyl halides is 4. The summed E-state index contributed by atoms with van der Waals surface area (Å²) in [5.74, 6) is -0.360. The third kappa shape index (κ3) is 4.73. The van der Waals surface area contributed by atoms with Gasteiger partial charge in [0, 0.05) is 12.2 Å². The number of halogens is 4. The standard InChI is InChI=1S/C21H22F4N2O3/c1-14-10-16(8-9-17(14)30-21(24,25)20(22)23)27-18(12-28)26(2)11-19(27)29-13-15-6-4-3-5-7-15/h3-10,12,18-20H,11,13H2,1-2H3. The van der Waals surface area contributed by atoms with Gasteiger partial charge < -0.3 is 14.4 Å². The molecule has 0 spiro atoms. The van der Waals surface area contributed by atoms with Crippen molar-refractivity contribution in [2.24, 2.45) is 0 Å². The first-order valence-electron chi connectivity index (χ1n) is 9.28. The van der Waals surface area contributed by atoms with E-state index in [4.69, 9.17) is 4.74 Å². The van der Waals surface area contributed by atoms with Gasteiger partial charge in [-0.25, -0.2) is 0 Å². The molecule has 0 radical (unpaired) electrons. The fraction of sp³-hybridized carbons (Fsp3) is 0.381. The fourth-order valence-corrected chi connectivity index (χ4v) is 3.31. The molecule has 0 amide bonds. The first-order valence-corrected chi connectivity index (χ1v) is 9.28. The lowest BCUT2D eigenvalue weighted by atomic mass is 10.1. The summed E-state index contributed by atoms with van der Waals surface area (Å²) < 4.78 is 61.6. The summed E-state index contributed by atoms with van der Waals surface area (Å²) in [6.07, 6.45) is -8.87. The van der Waals surface area contributed by atoms with Gasteiger partial charge in [-0.2, -0.15) is 17.6 Å². The fourth-order valence-electron chi connectivity index (χ4n) is 3.31. The summed E-state index contributed by atoms with van der Waals surface area (Å²) in [5.41, 5.74) is 1.72. The van der Waals surface area contributed by atoms with Gasteiger partial charge in [0.2, 0.25) is 0 Å². The molecule has 2 aromatic rings. The molecule has 1 heterocycles. The Balaban J connectivity index is 1.82. The molecule has 1 aliphatic heterocycles. The number of aldehydes is 1. The third-order valence-corrected chi connectivity index (χ3v) is 4.85. The van der Waals surface area contributed by atoms with Crippen LogP contribution in [0.3, 0.4) is 0 Å². The van der Waals surface area contributed by atoms with Gasteiger partial charge in [0.1, 0.15) is 18.1 Å². The van der Waals surface area contributed by atoms with E-state index in [0.717, 1.165) is 11.8 Å². The van der Waals surface area contributed by atoms with Crippen LogP contribution in [0.1, 0.15) is 11.1 Å². The second-order valence-corrected chi connectivity index (χ2v) is 7.06. The van der Waals surface area contributed by atoms with Crippen LogP contribution in [0.25, 0.3) is 0 Å². The van der Waals surface area contributed by atoms with E-state index in [-0.39, 0.29) is 11.3 Å². The van der Waals surface area contributed by atoms with Crippen molar-refractivity contribution in [3.8, 4) is 5.75 Å². The van der Waals surface area contributed by atoms with E-state index in [9.17, 15) is 22.4 Å². The molecular formula is C21H22F4N2O3. The quantitative estimate of drug-likeness (QED) is 0.471. The predicted molar refractivity (Wildman–Crippen MR) is 103 cm³/mol. The zero-order valence-corrected chi connectivity index (χ0v) is 16.5. The molecule has 0 aromatic heterocycles. The van der Waals surface area contributed by atoms with Crippen LogP contribution >= 0.6 is 0 Å². The summed E-state index contributed by atoms with van der Waals surface area (Å²) in [7, 11) is 1.77. The van der Waals surface area contributed by atoms with Crippen LogP contribution in [0.5, 0.6) is 5.75 Å². The molecule has 2 aromatic carbocycles. The van der Waals surface area contributed by atoms with Crippen molar-refractivity contribution >= 4 is 12.0 Å². The van der Waals surface area contributed by atoms with E-state index >= 15 is 0 Å². The normalized spacial score (nSPS) is 20.0. The molecule has 2 unspecified atom stereocenters. The number of carbonyl (C=O) groups is 1. The van der Waals surface area contributed by atoms with Gasteiger partial charge >= 0.3 is 12.5 Å². The molecule has 0 N–H and O–H groups in total. The lowest BCUT2D eigenvalue weighted by Crippen LogP contribution is -2.42. The molecule has 0 bridgehead atoms. The number of carbonyl (C=O) groups excluding carboxylic acids is 1. The van der Waals surface area contributed by atoms with Gasteiger partial charge in [0.05, 0.1) is 6.61 Å². The van der Waals surface area contributed by atoms with Gasteiger partial charge in [0.25, 0.3) is 0 Å². The van der Waals surface area contributed by atoms with E-state index in [2.05, 4.69) is 4.74 Å². The van der Waals surface area contributed by atoms with Gasteiger partial charge in [-0.3, -0.25) is 9.69 Å². The van der Waals surface area contributed by atoms with E-state index in [1.807, 2.05) is 30.3 Å². The maximum atomic E-state index is 13.2. The summed E-state index contributed by atoms with van der Waals surface area (Å²) in [5, 5.41) is 0. The van der Waals surface area contributed by atoms with Crippen molar-refractivity contribution in [2.75, 3.05) is 18.5 Å². The number of hydrogen-bond acceptors (Lipinski definition) is 5. The SMILES string of the molecule is Cc1cc(N2C(OCc3ccccc3)CN(C)C2C=O)ccc1OC(F)(F)C(F)F. The Hall–Kier alpha value is -2.65. The van der Waals surface area contributed by atoms with Crippen LogP contribution in [0.2, 0.25) is 0 Å². The highest BCUT2D eigenvalue weighted by molar-refractivity contribution is 5.68. The van der Waals surface area contributed by atoms with Gasteiger partial charge in [-0.15, -0.1) is 0 Å². The second kappa shape index (κ2) is 9.01. The molecule has 0 aliphatic carbocycles. The van der Waals surface area contributed by atoms with E-state index in [1.54, 1.807) is 16.8 Å². The number of nitrogens with zero attached hydrogens (tertiary/aromatic N) is 2. The van der Waals surface area contributed by atoms with Crippen LogP contribution in [0.4, 0.5) is 23.2 Å². The molecule has 30 heavy (non-hydrogen) atoms. The average Bonchev–Trinajstić information content (AvgIpc) is 3.03. The Morgan fingerprint density at radius 1 is 1.20 bits per heavy atom. The first kappa shape index (κ1) is 22.0. The lowest BCUT2D eigenvalue weighted by molar-refractivity contribution is -0.253. The number of rotatable bonds is 8. The van der Waals surface area contributed by atoms with Crippen LogP contribution in [-0.2, 0) is 16.1 Å². The monoisotopic (exact) mass is 426 g/mol. The maximum absolute atomic E-state index is 13.2. The van der Waals surface area contributed by atoms with Crippen molar-refractivity contribution in [1.82, 2.24) is 4.90 Å². The summed E-state index contributed by atoms with van der Waals surface area (Å²) in [6, 6.07) is 13.6. The number of aryl methyl sites for hydroxylation is 1. The third-order valence-electron chi connectivity index (χ3n) is 4.85. The zero-order chi connectivity index (χ0) is 21.9. The molecule has 9 heteroatoms. The van der Waals surface area contributed by atoms with Crippen LogP contribution in [0, 0.1) is 6.92 Å². The minimum atomic E-state index is -4.59. The molecule has 2 atom stereocenters. The van der Waals surface area contributed by atoms with Crippen molar-refractivity contribution in [3.63, 3.8) is 0 Å². The highest BCUT2D eigenvalue weighted by atomic mass is 19.3. The van der Waals surface area contributed by atoms with Crippen molar-refractivity contribution < 1.29 is 31.8 Å². The minimum absolute atomic E-state index is 0.230. The Morgan fingerprint density at radius 2 is 1.90 bits per heavy atom. The van der Waals surface area contributed by atoms with E-state index in [0.29, 0.717) is 18.8 Å². The molecule has 3 rings (SSSR count). The van der Waals surface area contributed by atoms with Crippen LogP contribution in [-0.4, -0.2) is 49.7 Å². The van der Waals surface area contributed by atoms with Crippen molar-refractivity contribution in [2.45, 2.75) is 38.5 Å². The van der Waals surface area contributed by atoms with Gasteiger partial charge in [-0.05, 0) is 43.3 Å². The van der Waals surface area contributed by atoms with E-state index in [1.165, 1.54) is 25.1 Å². The molecule has 5 nitrogen and oxygen atoms in total. The van der Waals surface area contributed by atoms with Crippen LogP contribution < -0.4 is 9.64 Å². The smallest absolute Gasteiger partial charge is 0.428 e. The largest absolute Gasteiger partial charge is 0.461 e. The summed E-state index contributed by atoms with van der Waals surface area (Å²) in [6.45, 7) is 2.23. The van der Waals surface area contributed by atoms with Crippen LogP contribution in [0.15, 0.2) is 48.5 Å². The van der Waals surface area contributed by atoms with Crippen molar-refractivity contribution in [3.05, 3.63) is 59.7 Å². The molecule has 1 fully saturated rings. The summed E-state index contributed by atoms with van der Waals surface area (Å²) >= 11 is 0. The Bertz CT molecular complexity index is 867. The molecule has 1 aliphatic rings. The van der Waals surface area contributed by atoms with Crippen molar-refractivity contribution in [1.29, 1.82) is 0 Å². The maximum Gasteiger partial charge on any atom is 0.461 e. The van der Waals surface area contributed by atoms with Gasteiger partial charge in [0.15, 0.2) is 6.29 Å². The Labute approximate surface area is 171 Å². The molecule has 162 valence electrons. The highest BCUT2D eigenvalue weighted by Gasteiger charge is 2.44. The lowest BCUT2D eigenvalue weighted by Gasteiger charge is -2.30. The average molecular weight is 426 g/mol. The first-order chi connectivity index (χ1) is 14.2. The summed E-state index contributed by atoms with van der Waals surface area (Å²) in [4.78, 5) is 15.2. The topological polar surface area (TPSA) is 42.0 Å². The molecule has 1 saturated heterocycles. The predicted octanol–water partition coefficient (Wildman–Crippen LogP) is 4.05. The number of ether oxygens (including phenoxy) is 2. The molecular weight excluding hydrogens is 404 g/mol. The Kier molecular flexibility index (Phi) is 6.62. The Morgan fingerprint density at radius 3 is 2.50 bits per heavy atom. The number of benzene rings is 2. The second-order valence-electron chi connectivity index (χ2n) is 7.06. The number of anilines is 1. The number of hydrogen-bond donors (Lipinski definition) is 0. The minimum Gasteiger partial charge on any atom is -0.428 e. The molecule has 0 saturated carbocycles. The highest BCUT2D eigenvalue weighted by Crippen LogP contribution is 2.34. The zero-order valence-electron chi connectivity index (χ0n) is 16.5. The van der Waals surface area contributed by atoms with Gasteiger partial charge in [-0.1, -0.05) is 30.3 Å². The van der Waals surface area contributed by atoms with E-state index < -0.39 is 24.9 Å². The number of likely N-dealkylation sites (N-methyl/N-ethyl adjacent to an activating group) is 1.